The number of nitrogens with one attached hydrogen (secondary N) is 2. The van der Waals surface area contributed by atoms with Crippen LogP contribution in [0, 0.1) is 0 Å². The van der Waals surface area contributed by atoms with Crippen molar-refractivity contribution in [2.24, 2.45) is 0 Å². The van der Waals surface area contributed by atoms with Gasteiger partial charge < -0.3 is 25.0 Å². The molecular weight excluding hydrogens is 298 g/mol. The van der Waals surface area contributed by atoms with Crippen LogP contribution in [-0.4, -0.2) is 49.2 Å². The summed E-state index contributed by atoms with van der Waals surface area (Å²) in [5.41, 5.74) is 1.17. The second kappa shape index (κ2) is 7.32. The van der Waals surface area contributed by atoms with Crippen molar-refractivity contribution in [2.45, 2.75) is 33.0 Å². The Hall–Kier alpha value is -2.28. The van der Waals surface area contributed by atoms with Crippen LogP contribution >= 0.6 is 0 Å². The Labute approximate surface area is 135 Å². The number of morpholine rings is 1. The molecule has 1 heterocycles. The molecule has 2 N–H and O–H groups in total. The van der Waals surface area contributed by atoms with E-state index < -0.39 is 0 Å². The van der Waals surface area contributed by atoms with E-state index in [9.17, 15) is 9.59 Å². The van der Waals surface area contributed by atoms with Crippen molar-refractivity contribution in [1.29, 1.82) is 0 Å². The molecule has 2 atom stereocenters. The second-order valence-corrected chi connectivity index (χ2v) is 5.69. The standard InChI is InChI=1S/C16H23N3O4/c1-10-8-19(9-11(2)23-10)16(21)18-13-5-6-14(17-12(3)20)15(7-13)22-4/h5-7,10-11H,8-9H2,1-4H3,(H,17,20)(H,18,21). The van der Waals surface area contributed by atoms with Crippen molar-refractivity contribution in [2.75, 3.05) is 30.8 Å². The van der Waals surface area contributed by atoms with Gasteiger partial charge in [0.2, 0.25) is 5.91 Å². The van der Waals surface area contributed by atoms with Crippen molar-refractivity contribution in [3.63, 3.8) is 0 Å². The van der Waals surface area contributed by atoms with Crippen molar-refractivity contribution >= 4 is 23.3 Å². The van der Waals surface area contributed by atoms with Crippen LogP contribution in [0.3, 0.4) is 0 Å². The van der Waals surface area contributed by atoms with E-state index in [0.717, 1.165) is 0 Å². The molecule has 0 radical (unpaired) electrons. The van der Waals surface area contributed by atoms with Crippen LogP contribution in [0.15, 0.2) is 18.2 Å². The fourth-order valence-electron chi connectivity index (χ4n) is 2.61. The van der Waals surface area contributed by atoms with Gasteiger partial charge in [0, 0.05) is 31.8 Å². The topological polar surface area (TPSA) is 79.9 Å². The molecule has 23 heavy (non-hydrogen) atoms. The van der Waals surface area contributed by atoms with Gasteiger partial charge in [-0.2, -0.15) is 0 Å². The lowest BCUT2D eigenvalue weighted by molar-refractivity contribution is -0.114. The molecule has 0 aliphatic carbocycles. The third-order valence-corrected chi connectivity index (χ3v) is 3.47. The van der Waals surface area contributed by atoms with Crippen LogP contribution in [0.2, 0.25) is 0 Å². The predicted molar refractivity (Wildman–Crippen MR) is 87.9 cm³/mol. The molecule has 0 bridgehead atoms. The minimum atomic E-state index is -0.184. The number of nitrogens with zero attached hydrogens (tertiary/aromatic N) is 1. The second-order valence-electron chi connectivity index (χ2n) is 5.69. The van der Waals surface area contributed by atoms with E-state index in [1.807, 2.05) is 13.8 Å². The first-order valence-electron chi connectivity index (χ1n) is 7.56. The molecule has 2 unspecified atom stereocenters. The van der Waals surface area contributed by atoms with E-state index in [4.69, 9.17) is 9.47 Å². The van der Waals surface area contributed by atoms with Gasteiger partial charge in [0.05, 0.1) is 25.0 Å². The maximum atomic E-state index is 12.4. The molecule has 3 amide bonds. The van der Waals surface area contributed by atoms with Gasteiger partial charge in [0.1, 0.15) is 5.75 Å². The molecule has 1 aliphatic rings. The Morgan fingerprint density at radius 2 is 1.87 bits per heavy atom. The van der Waals surface area contributed by atoms with E-state index in [2.05, 4.69) is 10.6 Å². The minimum Gasteiger partial charge on any atom is -0.494 e. The van der Waals surface area contributed by atoms with Crippen LogP contribution in [0.25, 0.3) is 0 Å². The van der Waals surface area contributed by atoms with Gasteiger partial charge in [-0.15, -0.1) is 0 Å². The number of rotatable bonds is 3. The zero-order chi connectivity index (χ0) is 17.0. The average Bonchev–Trinajstić information content (AvgIpc) is 2.47. The molecule has 0 saturated carbocycles. The van der Waals surface area contributed by atoms with Crippen LogP contribution in [0.4, 0.5) is 16.2 Å². The summed E-state index contributed by atoms with van der Waals surface area (Å²) < 4.78 is 10.9. The molecule has 1 fully saturated rings. The fraction of sp³-hybridized carbons (Fsp3) is 0.500. The summed E-state index contributed by atoms with van der Waals surface area (Å²) in [6, 6.07) is 4.91. The number of ether oxygens (including phenoxy) is 2. The molecule has 7 heteroatoms. The lowest BCUT2D eigenvalue weighted by Crippen LogP contribution is -2.49. The highest BCUT2D eigenvalue weighted by atomic mass is 16.5. The predicted octanol–water partition coefficient (Wildman–Crippen LogP) is 2.29. The Morgan fingerprint density at radius 3 is 2.43 bits per heavy atom. The number of benzene rings is 1. The van der Waals surface area contributed by atoms with E-state index in [1.165, 1.54) is 14.0 Å². The summed E-state index contributed by atoms with van der Waals surface area (Å²) in [5, 5.41) is 5.52. The Kier molecular flexibility index (Phi) is 5.44. The van der Waals surface area contributed by atoms with Crippen LogP contribution < -0.4 is 15.4 Å². The van der Waals surface area contributed by atoms with Gasteiger partial charge in [0.15, 0.2) is 0 Å². The third-order valence-electron chi connectivity index (χ3n) is 3.47. The van der Waals surface area contributed by atoms with Crippen LogP contribution in [0.1, 0.15) is 20.8 Å². The van der Waals surface area contributed by atoms with Crippen molar-refractivity contribution in [3.8, 4) is 5.75 Å². The number of urea groups is 1. The first-order valence-corrected chi connectivity index (χ1v) is 7.56. The van der Waals surface area contributed by atoms with Crippen molar-refractivity contribution in [1.82, 2.24) is 4.90 Å². The largest absolute Gasteiger partial charge is 0.494 e. The highest BCUT2D eigenvalue weighted by Crippen LogP contribution is 2.28. The normalized spacial score (nSPS) is 20.8. The van der Waals surface area contributed by atoms with E-state index in [-0.39, 0.29) is 24.1 Å². The zero-order valence-corrected chi connectivity index (χ0v) is 13.9. The third kappa shape index (κ3) is 4.59. The molecule has 2 rings (SSSR count). The van der Waals surface area contributed by atoms with Gasteiger partial charge in [-0.1, -0.05) is 0 Å². The van der Waals surface area contributed by atoms with Gasteiger partial charge in [-0.25, -0.2) is 4.79 Å². The summed E-state index contributed by atoms with van der Waals surface area (Å²) in [6.07, 6.45) is 0.0300. The number of carbonyl (C=O) groups excluding carboxylic acids is 2. The molecule has 7 nitrogen and oxygen atoms in total. The highest BCUT2D eigenvalue weighted by molar-refractivity contribution is 5.93. The van der Waals surface area contributed by atoms with Crippen LogP contribution in [-0.2, 0) is 9.53 Å². The number of anilines is 2. The molecule has 0 spiro atoms. The number of hydrogen-bond donors (Lipinski definition) is 2. The minimum absolute atomic E-state index is 0.0150. The van der Waals surface area contributed by atoms with Gasteiger partial charge >= 0.3 is 6.03 Å². The lowest BCUT2D eigenvalue weighted by Gasteiger charge is -2.35. The molecular formula is C16H23N3O4. The smallest absolute Gasteiger partial charge is 0.322 e. The summed E-state index contributed by atoms with van der Waals surface area (Å²) in [4.78, 5) is 25.3. The van der Waals surface area contributed by atoms with Gasteiger partial charge in [0.25, 0.3) is 0 Å². The summed E-state index contributed by atoms with van der Waals surface area (Å²) >= 11 is 0. The van der Waals surface area contributed by atoms with Crippen molar-refractivity contribution < 1.29 is 19.1 Å². The summed E-state index contributed by atoms with van der Waals surface area (Å²) in [6.45, 7) is 6.42. The molecule has 1 aromatic rings. The highest BCUT2D eigenvalue weighted by Gasteiger charge is 2.26. The molecule has 1 aliphatic heterocycles. The number of methoxy groups -OCH3 is 1. The van der Waals surface area contributed by atoms with E-state index in [1.54, 1.807) is 23.1 Å². The quantitative estimate of drug-likeness (QED) is 0.895. The van der Waals surface area contributed by atoms with E-state index in [0.29, 0.717) is 30.2 Å². The Bertz CT molecular complexity index is 581. The lowest BCUT2D eigenvalue weighted by atomic mass is 10.2. The Balaban J connectivity index is 2.07. The molecule has 1 aromatic carbocycles. The molecule has 1 saturated heterocycles. The van der Waals surface area contributed by atoms with Gasteiger partial charge in [-0.3, -0.25) is 4.79 Å². The fourth-order valence-corrected chi connectivity index (χ4v) is 2.61. The van der Waals surface area contributed by atoms with Crippen LogP contribution in [0.5, 0.6) is 5.75 Å². The zero-order valence-electron chi connectivity index (χ0n) is 13.9. The van der Waals surface area contributed by atoms with Gasteiger partial charge in [-0.05, 0) is 26.0 Å². The summed E-state index contributed by atoms with van der Waals surface area (Å²) in [7, 11) is 1.51. The van der Waals surface area contributed by atoms with Crippen molar-refractivity contribution in [3.05, 3.63) is 18.2 Å². The maximum Gasteiger partial charge on any atom is 0.322 e. The number of hydrogen-bond acceptors (Lipinski definition) is 4. The first kappa shape index (κ1) is 17.1. The SMILES string of the molecule is COc1cc(NC(=O)N2CC(C)OC(C)C2)ccc1NC(C)=O. The maximum absolute atomic E-state index is 12.4. The summed E-state index contributed by atoms with van der Waals surface area (Å²) in [5.74, 6) is 0.304. The first-order chi connectivity index (χ1) is 10.9. The van der Waals surface area contributed by atoms with E-state index >= 15 is 0 Å². The molecule has 0 aromatic heterocycles. The number of carbonyl (C=O) groups is 2. The molecule has 126 valence electrons. The average molecular weight is 321 g/mol. The monoisotopic (exact) mass is 321 g/mol. The number of amides is 3. The Morgan fingerprint density at radius 1 is 1.22 bits per heavy atom.